The predicted molar refractivity (Wildman–Crippen MR) is 50.2 cm³/mol. The summed E-state index contributed by atoms with van der Waals surface area (Å²) in [5.41, 5.74) is 0. The van der Waals surface area contributed by atoms with Crippen molar-refractivity contribution < 1.29 is 4.74 Å². The molecule has 2 rings (SSSR count). The van der Waals surface area contributed by atoms with Gasteiger partial charge in [-0.05, 0) is 24.8 Å². The average Bonchev–Trinajstić information content (AvgIpc) is 2.84. The first-order chi connectivity index (χ1) is 5.84. The van der Waals surface area contributed by atoms with Gasteiger partial charge in [-0.3, -0.25) is 0 Å². The largest absolute Gasteiger partial charge is 0.477 e. The maximum atomic E-state index is 5.47. The molecule has 0 radical (unpaired) electrons. The van der Waals surface area contributed by atoms with Crippen molar-refractivity contribution in [1.82, 2.24) is 4.98 Å². The van der Waals surface area contributed by atoms with E-state index in [1.54, 1.807) is 6.20 Å². The molecule has 0 bridgehead atoms. The Bertz CT molecular complexity index is 273. The quantitative estimate of drug-likeness (QED) is 0.793. The van der Waals surface area contributed by atoms with Crippen LogP contribution in [0.3, 0.4) is 0 Å². The zero-order chi connectivity index (χ0) is 8.39. The van der Waals surface area contributed by atoms with Gasteiger partial charge >= 0.3 is 0 Å². The van der Waals surface area contributed by atoms with E-state index in [0.29, 0.717) is 0 Å². The molecule has 1 fully saturated rings. The molecular formula is C9H10BrNO. The molecular weight excluding hydrogens is 218 g/mol. The smallest absolute Gasteiger partial charge is 0.214 e. The van der Waals surface area contributed by atoms with Crippen molar-refractivity contribution in [3.05, 3.63) is 22.8 Å². The summed E-state index contributed by atoms with van der Waals surface area (Å²) in [5.74, 6) is 1.50. The second-order valence-electron chi connectivity index (χ2n) is 3.07. The van der Waals surface area contributed by atoms with Crippen LogP contribution in [0.1, 0.15) is 12.8 Å². The Morgan fingerprint density at radius 3 is 3.08 bits per heavy atom. The first-order valence-electron chi connectivity index (χ1n) is 4.09. The van der Waals surface area contributed by atoms with Crippen molar-refractivity contribution in [2.45, 2.75) is 12.8 Å². The standard InChI is InChI=1S/C9H10BrNO/c10-8-3-4-11-9(5-8)12-6-7-1-2-7/h3-5,7H,1-2,6H2. The minimum absolute atomic E-state index is 0.719. The summed E-state index contributed by atoms with van der Waals surface area (Å²) in [6.45, 7) is 0.823. The van der Waals surface area contributed by atoms with Crippen molar-refractivity contribution in [2.24, 2.45) is 5.92 Å². The Hall–Kier alpha value is -0.570. The lowest BCUT2D eigenvalue weighted by Gasteiger charge is -2.02. The molecule has 0 amide bonds. The van der Waals surface area contributed by atoms with Gasteiger partial charge in [0.25, 0.3) is 0 Å². The van der Waals surface area contributed by atoms with Crippen LogP contribution in [0.4, 0.5) is 0 Å². The van der Waals surface area contributed by atoms with Crippen LogP contribution in [-0.2, 0) is 0 Å². The van der Waals surface area contributed by atoms with Crippen molar-refractivity contribution in [2.75, 3.05) is 6.61 Å². The molecule has 0 aromatic carbocycles. The number of nitrogens with zero attached hydrogens (tertiary/aromatic N) is 1. The summed E-state index contributed by atoms with van der Waals surface area (Å²) >= 11 is 3.36. The Morgan fingerprint density at radius 1 is 1.58 bits per heavy atom. The summed E-state index contributed by atoms with van der Waals surface area (Å²) in [5, 5.41) is 0. The highest BCUT2D eigenvalue weighted by atomic mass is 79.9. The van der Waals surface area contributed by atoms with Gasteiger partial charge in [-0.1, -0.05) is 15.9 Å². The Morgan fingerprint density at radius 2 is 2.42 bits per heavy atom. The van der Waals surface area contributed by atoms with Gasteiger partial charge in [0.1, 0.15) is 0 Å². The highest BCUT2D eigenvalue weighted by Crippen LogP contribution is 2.29. The molecule has 3 heteroatoms. The molecule has 12 heavy (non-hydrogen) atoms. The third-order valence-electron chi connectivity index (χ3n) is 1.86. The monoisotopic (exact) mass is 227 g/mol. The summed E-state index contributed by atoms with van der Waals surface area (Å²) < 4.78 is 6.49. The SMILES string of the molecule is Brc1ccnc(OCC2CC2)c1. The van der Waals surface area contributed by atoms with E-state index >= 15 is 0 Å². The number of halogens is 1. The molecule has 0 N–H and O–H groups in total. The third kappa shape index (κ3) is 2.21. The molecule has 1 saturated carbocycles. The Labute approximate surface area is 80.1 Å². The molecule has 0 saturated heterocycles. The summed E-state index contributed by atoms with van der Waals surface area (Å²) in [6.07, 6.45) is 4.37. The van der Waals surface area contributed by atoms with E-state index < -0.39 is 0 Å². The second kappa shape index (κ2) is 3.44. The third-order valence-corrected chi connectivity index (χ3v) is 2.35. The molecule has 1 heterocycles. The lowest BCUT2D eigenvalue weighted by atomic mass is 10.4. The minimum atomic E-state index is 0.719. The van der Waals surface area contributed by atoms with Crippen LogP contribution in [0, 0.1) is 5.92 Å². The van der Waals surface area contributed by atoms with Crippen LogP contribution in [0.5, 0.6) is 5.88 Å². The van der Waals surface area contributed by atoms with E-state index in [1.807, 2.05) is 12.1 Å². The van der Waals surface area contributed by atoms with Gasteiger partial charge in [0.15, 0.2) is 0 Å². The zero-order valence-corrected chi connectivity index (χ0v) is 8.25. The zero-order valence-electron chi connectivity index (χ0n) is 6.66. The van der Waals surface area contributed by atoms with Crippen LogP contribution < -0.4 is 4.74 Å². The van der Waals surface area contributed by atoms with Crippen LogP contribution in [0.25, 0.3) is 0 Å². The lowest BCUT2D eigenvalue weighted by Crippen LogP contribution is -2.00. The summed E-state index contributed by atoms with van der Waals surface area (Å²) in [6, 6.07) is 3.78. The normalized spacial score (nSPS) is 16.1. The maximum Gasteiger partial charge on any atom is 0.214 e. The van der Waals surface area contributed by atoms with Gasteiger partial charge in [0.05, 0.1) is 6.61 Å². The van der Waals surface area contributed by atoms with E-state index in [2.05, 4.69) is 20.9 Å². The van der Waals surface area contributed by atoms with E-state index in [0.717, 1.165) is 22.9 Å². The number of pyridine rings is 1. The fourth-order valence-corrected chi connectivity index (χ4v) is 1.27. The van der Waals surface area contributed by atoms with E-state index in [1.165, 1.54) is 12.8 Å². The van der Waals surface area contributed by atoms with Crippen molar-refractivity contribution in [1.29, 1.82) is 0 Å². The van der Waals surface area contributed by atoms with Crippen molar-refractivity contribution in [3.8, 4) is 5.88 Å². The van der Waals surface area contributed by atoms with Gasteiger partial charge in [-0.2, -0.15) is 0 Å². The second-order valence-corrected chi connectivity index (χ2v) is 3.98. The molecule has 0 spiro atoms. The molecule has 1 aromatic heterocycles. The molecule has 1 aliphatic carbocycles. The predicted octanol–water partition coefficient (Wildman–Crippen LogP) is 2.63. The first-order valence-corrected chi connectivity index (χ1v) is 4.88. The fourth-order valence-electron chi connectivity index (χ4n) is 0.952. The van der Waals surface area contributed by atoms with E-state index in [4.69, 9.17) is 4.74 Å². The summed E-state index contributed by atoms with van der Waals surface area (Å²) in [4.78, 5) is 4.09. The first kappa shape index (κ1) is 8.05. The van der Waals surface area contributed by atoms with Gasteiger partial charge in [0.2, 0.25) is 5.88 Å². The molecule has 64 valence electrons. The van der Waals surface area contributed by atoms with Crippen LogP contribution in [-0.4, -0.2) is 11.6 Å². The topological polar surface area (TPSA) is 22.1 Å². The molecule has 2 nitrogen and oxygen atoms in total. The highest BCUT2D eigenvalue weighted by Gasteiger charge is 2.21. The number of aromatic nitrogens is 1. The number of hydrogen-bond donors (Lipinski definition) is 0. The number of hydrogen-bond acceptors (Lipinski definition) is 2. The van der Waals surface area contributed by atoms with Crippen LogP contribution >= 0.6 is 15.9 Å². The molecule has 0 atom stereocenters. The molecule has 0 unspecified atom stereocenters. The van der Waals surface area contributed by atoms with Gasteiger partial charge in [-0.25, -0.2) is 4.98 Å². The Balaban J connectivity index is 1.92. The van der Waals surface area contributed by atoms with Crippen molar-refractivity contribution in [3.63, 3.8) is 0 Å². The highest BCUT2D eigenvalue weighted by molar-refractivity contribution is 9.10. The van der Waals surface area contributed by atoms with Crippen LogP contribution in [0.15, 0.2) is 22.8 Å². The molecule has 1 aliphatic rings. The van der Waals surface area contributed by atoms with Gasteiger partial charge in [0, 0.05) is 16.7 Å². The Kier molecular flexibility index (Phi) is 2.30. The van der Waals surface area contributed by atoms with Gasteiger partial charge < -0.3 is 4.74 Å². The molecule has 1 aromatic rings. The van der Waals surface area contributed by atoms with Crippen molar-refractivity contribution >= 4 is 15.9 Å². The maximum absolute atomic E-state index is 5.47. The van der Waals surface area contributed by atoms with Crippen LogP contribution in [0.2, 0.25) is 0 Å². The molecule has 0 aliphatic heterocycles. The van der Waals surface area contributed by atoms with E-state index in [-0.39, 0.29) is 0 Å². The fraction of sp³-hybridized carbons (Fsp3) is 0.444. The minimum Gasteiger partial charge on any atom is -0.477 e. The number of rotatable bonds is 3. The average molecular weight is 228 g/mol. The summed E-state index contributed by atoms with van der Waals surface area (Å²) in [7, 11) is 0. The van der Waals surface area contributed by atoms with Gasteiger partial charge in [-0.15, -0.1) is 0 Å². The van der Waals surface area contributed by atoms with E-state index in [9.17, 15) is 0 Å². The lowest BCUT2D eigenvalue weighted by molar-refractivity contribution is 0.288. The number of ether oxygens (including phenoxy) is 1.